The van der Waals surface area contributed by atoms with Gasteiger partial charge in [0.15, 0.2) is 0 Å². The van der Waals surface area contributed by atoms with E-state index in [0.29, 0.717) is 5.92 Å². The van der Waals surface area contributed by atoms with Gasteiger partial charge in [-0.1, -0.05) is 20.8 Å². The van der Waals surface area contributed by atoms with Gasteiger partial charge in [0.05, 0.1) is 11.4 Å². The molecule has 2 heteroatoms. The highest BCUT2D eigenvalue weighted by Crippen LogP contribution is 2.08. The molecule has 11 heavy (non-hydrogen) atoms. The molecular formula is C9H14N2. The summed E-state index contributed by atoms with van der Waals surface area (Å²) in [6.07, 6.45) is 4.68. The van der Waals surface area contributed by atoms with E-state index in [1.807, 2.05) is 12.4 Å². The highest BCUT2D eigenvalue weighted by Gasteiger charge is 1.99. The van der Waals surface area contributed by atoms with Crippen LogP contribution in [0.1, 0.15) is 38.1 Å². The Kier molecular flexibility index (Phi) is 2.58. The molecule has 0 atom stereocenters. The van der Waals surface area contributed by atoms with Gasteiger partial charge in [0.1, 0.15) is 0 Å². The molecule has 0 saturated heterocycles. The van der Waals surface area contributed by atoms with Gasteiger partial charge in [-0.05, 0) is 12.3 Å². The molecule has 0 N–H and O–H groups in total. The fourth-order valence-corrected chi connectivity index (χ4v) is 0.845. The summed E-state index contributed by atoms with van der Waals surface area (Å²) >= 11 is 0. The molecule has 2 nitrogen and oxygen atoms in total. The minimum Gasteiger partial charge on any atom is -0.258 e. The Hall–Kier alpha value is -0.920. The number of nitrogens with zero attached hydrogens (tertiary/aromatic N) is 2. The number of hydrogen-bond acceptors (Lipinski definition) is 2. The summed E-state index contributed by atoms with van der Waals surface area (Å²) in [7, 11) is 0. The van der Waals surface area contributed by atoms with E-state index in [9.17, 15) is 0 Å². The van der Waals surface area contributed by atoms with Gasteiger partial charge in [0.25, 0.3) is 0 Å². The number of aromatic nitrogens is 2. The first kappa shape index (κ1) is 8.18. The van der Waals surface area contributed by atoms with Gasteiger partial charge in [-0.2, -0.15) is 0 Å². The third-order valence-electron chi connectivity index (χ3n) is 1.68. The molecule has 1 aromatic heterocycles. The Bertz CT molecular complexity index is 214. The molecule has 0 unspecified atom stereocenters. The zero-order chi connectivity index (χ0) is 8.27. The molecule has 1 heterocycles. The third kappa shape index (κ3) is 2.00. The minimum absolute atomic E-state index is 0.480. The Balaban J connectivity index is 2.83. The van der Waals surface area contributed by atoms with Crippen LogP contribution in [0.2, 0.25) is 0 Å². The highest BCUT2D eigenvalue weighted by atomic mass is 14.8. The molecule has 0 aromatic carbocycles. The normalized spacial score (nSPS) is 10.5. The lowest BCUT2D eigenvalue weighted by atomic mass is 10.1. The largest absolute Gasteiger partial charge is 0.258 e. The maximum atomic E-state index is 4.29. The van der Waals surface area contributed by atoms with Gasteiger partial charge in [-0.15, -0.1) is 0 Å². The summed E-state index contributed by atoms with van der Waals surface area (Å²) in [5.41, 5.74) is 2.14. The molecule has 1 rings (SSSR count). The van der Waals surface area contributed by atoms with Crippen molar-refractivity contribution in [3.8, 4) is 0 Å². The van der Waals surface area contributed by atoms with Crippen molar-refractivity contribution in [3.05, 3.63) is 23.8 Å². The fraction of sp³-hybridized carbons (Fsp3) is 0.556. The highest BCUT2D eigenvalue weighted by molar-refractivity contribution is 5.05. The van der Waals surface area contributed by atoms with Gasteiger partial charge in [0.2, 0.25) is 0 Å². The predicted octanol–water partition coefficient (Wildman–Crippen LogP) is 2.16. The van der Waals surface area contributed by atoms with Crippen LogP contribution in [0.3, 0.4) is 0 Å². The van der Waals surface area contributed by atoms with Gasteiger partial charge >= 0.3 is 0 Å². The molecule has 0 bridgehead atoms. The van der Waals surface area contributed by atoms with Crippen molar-refractivity contribution in [1.29, 1.82) is 0 Å². The summed E-state index contributed by atoms with van der Waals surface area (Å²) in [6.45, 7) is 6.32. The molecule has 0 saturated carbocycles. The molecule has 0 fully saturated rings. The van der Waals surface area contributed by atoms with E-state index in [0.717, 1.165) is 17.8 Å². The topological polar surface area (TPSA) is 25.8 Å². The van der Waals surface area contributed by atoms with E-state index < -0.39 is 0 Å². The molecule has 0 amide bonds. The van der Waals surface area contributed by atoms with Crippen molar-refractivity contribution in [1.82, 2.24) is 9.97 Å². The van der Waals surface area contributed by atoms with Gasteiger partial charge < -0.3 is 0 Å². The lowest BCUT2D eigenvalue weighted by Crippen LogP contribution is -1.96. The van der Waals surface area contributed by atoms with Crippen molar-refractivity contribution in [3.63, 3.8) is 0 Å². The molecule has 0 radical (unpaired) electrons. The molecular weight excluding hydrogens is 136 g/mol. The monoisotopic (exact) mass is 150 g/mol. The lowest BCUT2D eigenvalue weighted by Gasteiger charge is -2.02. The Morgan fingerprint density at radius 3 is 2.36 bits per heavy atom. The van der Waals surface area contributed by atoms with Crippen LogP contribution in [0.25, 0.3) is 0 Å². The SMILES string of the molecule is CCc1cnc(C(C)C)cn1. The Labute approximate surface area is 67.7 Å². The van der Waals surface area contributed by atoms with Crippen molar-refractivity contribution in [2.75, 3.05) is 0 Å². The summed E-state index contributed by atoms with van der Waals surface area (Å²) in [4.78, 5) is 8.54. The smallest absolute Gasteiger partial charge is 0.0612 e. The maximum absolute atomic E-state index is 4.29. The van der Waals surface area contributed by atoms with E-state index >= 15 is 0 Å². The van der Waals surface area contributed by atoms with Gasteiger partial charge in [-0.25, -0.2) is 0 Å². The molecule has 0 aliphatic heterocycles. The van der Waals surface area contributed by atoms with Crippen molar-refractivity contribution >= 4 is 0 Å². The summed E-state index contributed by atoms with van der Waals surface area (Å²) in [6, 6.07) is 0. The minimum atomic E-state index is 0.480. The van der Waals surface area contributed by atoms with E-state index in [-0.39, 0.29) is 0 Å². The van der Waals surface area contributed by atoms with Gasteiger partial charge in [-0.3, -0.25) is 9.97 Å². The van der Waals surface area contributed by atoms with Crippen LogP contribution < -0.4 is 0 Å². The van der Waals surface area contributed by atoms with Crippen LogP contribution >= 0.6 is 0 Å². The summed E-state index contributed by atoms with van der Waals surface area (Å²) in [5, 5.41) is 0. The van der Waals surface area contributed by atoms with E-state index in [4.69, 9.17) is 0 Å². The van der Waals surface area contributed by atoms with Crippen LogP contribution in [-0.2, 0) is 6.42 Å². The van der Waals surface area contributed by atoms with Crippen molar-refractivity contribution in [2.24, 2.45) is 0 Å². The lowest BCUT2D eigenvalue weighted by molar-refractivity contribution is 0.801. The zero-order valence-corrected chi connectivity index (χ0v) is 7.33. The van der Waals surface area contributed by atoms with Crippen LogP contribution in [0.15, 0.2) is 12.4 Å². The maximum Gasteiger partial charge on any atom is 0.0612 e. The number of rotatable bonds is 2. The summed E-state index contributed by atoms with van der Waals surface area (Å²) < 4.78 is 0. The standard InChI is InChI=1S/C9H14N2/c1-4-8-5-11-9(6-10-8)7(2)3/h5-7H,4H2,1-3H3. The molecule has 0 aliphatic rings. The van der Waals surface area contributed by atoms with E-state index in [2.05, 4.69) is 30.7 Å². The van der Waals surface area contributed by atoms with Crippen LogP contribution in [0.5, 0.6) is 0 Å². The molecule has 1 aromatic rings. The third-order valence-corrected chi connectivity index (χ3v) is 1.68. The first-order valence-corrected chi connectivity index (χ1v) is 4.04. The van der Waals surface area contributed by atoms with Crippen molar-refractivity contribution in [2.45, 2.75) is 33.1 Å². The van der Waals surface area contributed by atoms with E-state index in [1.54, 1.807) is 0 Å². The van der Waals surface area contributed by atoms with Crippen LogP contribution in [0.4, 0.5) is 0 Å². The average Bonchev–Trinajstić information content (AvgIpc) is 2.05. The van der Waals surface area contributed by atoms with Crippen molar-refractivity contribution < 1.29 is 0 Å². The molecule has 0 spiro atoms. The second-order valence-corrected chi connectivity index (χ2v) is 2.94. The van der Waals surface area contributed by atoms with Crippen LogP contribution in [0, 0.1) is 0 Å². The fourth-order valence-electron chi connectivity index (χ4n) is 0.845. The van der Waals surface area contributed by atoms with E-state index in [1.165, 1.54) is 0 Å². The average molecular weight is 150 g/mol. The second-order valence-electron chi connectivity index (χ2n) is 2.94. The first-order valence-electron chi connectivity index (χ1n) is 4.04. The second kappa shape index (κ2) is 3.46. The Morgan fingerprint density at radius 2 is 2.00 bits per heavy atom. The summed E-state index contributed by atoms with van der Waals surface area (Å²) in [5.74, 6) is 0.480. The molecule has 0 aliphatic carbocycles. The predicted molar refractivity (Wildman–Crippen MR) is 45.5 cm³/mol. The quantitative estimate of drug-likeness (QED) is 0.645. The molecule has 60 valence electrons. The number of aryl methyl sites for hydroxylation is 1. The number of hydrogen-bond donors (Lipinski definition) is 0. The first-order chi connectivity index (χ1) is 5.24. The van der Waals surface area contributed by atoms with Gasteiger partial charge in [0, 0.05) is 12.4 Å². The zero-order valence-electron chi connectivity index (χ0n) is 7.33. The van der Waals surface area contributed by atoms with Crippen LogP contribution in [-0.4, -0.2) is 9.97 Å². The Morgan fingerprint density at radius 1 is 1.27 bits per heavy atom.